The molecule has 1 fully saturated rings. The van der Waals surface area contributed by atoms with Crippen LogP contribution in [0.1, 0.15) is 16.7 Å². The molecule has 1 amide bonds. The summed E-state index contributed by atoms with van der Waals surface area (Å²) in [6.45, 7) is 4.69. The van der Waals surface area contributed by atoms with E-state index < -0.39 is 0 Å². The van der Waals surface area contributed by atoms with Gasteiger partial charge in [0, 0.05) is 10.6 Å². The van der Waals surface area contributed by atoms with E-state index in [1.54, 1.807) is 6.08 Å². The van der Waals surface area contributed by atoms with Crippen molar-refractivity contribution in [2.45, 2.75) is 13.8 Å². The van der Waals surface area contributed by atoms with Crippen molar-refractivity contribution in [1.82, 2.24) is 5.32 Å². The van der Waals surface area contributed by atoms with Crippen LogP contribution >= 0.6 is 35.6 Å². The molecule has 0 aliphatic carbocycles. The molecule has 1 saturated heterocycles. The van der Waals surface area contributed by atoms with Gasteiger partial charge in [0.15, 0.2) is 0 Å². The number of benzene rings is 2. The summed E-state index contributed by atoms with van der Waals surface area (Å²) in [4.78, 5) is 12.5. The second-order valence-corrected chi connectivity index (χ2v) is 8.13. The van der Waals surface area contributed by atoms with Gasteiger partial charge in [0.25, 0.3) is 5.91 Å². The maximum absolute atomic E-state index is 11.9. The van der Waals surface area contributed by atoms with Crippen LogP contribution in [0.15, 0.2) is 41.3 Å². The summed E-state index contributed by atoms with van der Waals surface area (Å²) in [6, 6.07) is 11.4. The highest BCUT2D eigenvalue weighted by Crippen LogP contribution is 2.30. The lowest BCUT2D eigenvalue weighted by molar-refractivity contribution is -0.115. The molecule has 27 heavy (non-hydrogen) atoms. The van der Waals surface area contributed by atoms with Crippen molar-refractivity contribution in [2.24, 2.45) is 0 Å². The van der Waals surface area contributed by atoms with Crippen molar-refractivity contribution in [3.8, 4) is 11.5 Å². The van der Waals surface area contributed by atoms with Crippen LogP contribution < -0.4 is 14.8 Å². The van der Waals surface area contributed by atoms with E-state index in [2.05, 4.69) is 5.32 Å². The molecule has 0 saturated carbocycles. The molecular formula is C20H18ClNO3S2. The Labute approximate surface area is 172 Å². The number of hydrogen-bond donors (Lipinski definition) is 1. The third kappa shape index (κ3) is 5.25. The predicted octanol–water partition coefficient (Wildman–Crippen LogP) is 4.90. The minimum atomic E-state index is -0.182. The number of halogens is 1. The van der Waals surface area contributed by atoms with E-state index in [1.165, 1.54) is 11.8 Å². The Balaban J connectivity index is 1.65. The van der Waals surface area contributed by atoms with Crippen molar-refractivity contribution in [2.75, 3.05) is 13.2 Å². The van der Waals surface area contributed by atoms with Gasteiger partial charge in [-0.1, -0.05) is 47.2 Å². The van der Waals surface area contributed by atoms with Crippen LogP contribution in [0.4, 0.5) is 0 Å². The number of thioether (sulfide) groups is 1. The van der Waals surface area contributed by atoms with Crippen LogP contribution in [0.25, 0.3) is 6.08 Å². The van der Waals surface area contributed by atoms with E-state index in [-0.39, 0.29) is 5.91 Å². The Hall–Kier alpha value is -2.02. The molecule has 0 radical (unpaired) electrons. The van der Waals surface area contributed by atoms with Gasteiger partial charge in [0.05, 0.1) is 4.91 Å². The number of amides is 1. The fourth-order valence-corrected chi connectivity index (χ4v) is 3.65. The SMILES string of the molecule is Cc1ccc(OCCOc2ccc(Cl)c(C)c2)c(C=C2SC(=S)NC2=O)c1. The number of carbonyl (C=O) groups is 1. The summed E-state index contributed by atoms with van der Waals surface area (Å²) in [5.74, 6) is 1.26. The number of carbonyl (C=O) groups excluding carboxylic acids is 1. The highest BCUT2D eigenvalue weighted by Gasteiger charge is 2.22. The molecule has 0 aromatic heterocycles. The zero-order valence-electron chi connectivity index (χ0n) is 14.9. The maximum Gasteiger partial charge on any atom is 0.263 e. The summed E-state index contributed by atoms with van der Waals surface area (Å²) in [6.07, 6.45) is 1.80. The highest BCUT2D eigenvalue weighted by molar-refractivity contribution is 8.26. The van der Waals surface area contributed by atoms with Crippen molar-refractivity contribution in [1.29, 1.82) is 0 Å². The van der Waals surface area contributed by atoms with Crippen molar-refractivity contribution >= 4 is 51.9 Å². The van der Waals surface area contributed by atoms with Crippen LogP contribution in [0.3, 0.4) is 0 Å². The lowest BCUT2D eigenvalue weighted by Crippen LogP contribution is -2.17. The minimum absolute atomic E-state index is 0.182. The molecular weight excluding hydrogens is 402 g/mol. The number of ether oxygens (including phenoxy) is 2. The van der Waals surface area contributed by atoms with Crippen LogP contribution in [-0.2, 0) is 4.79 Å². The second kappa shape index (κ2) is 8.78. The number of nitrogens with one attached hydrogen (secondary N) is 1. The quantitative estimate of drug-likeness (QED) is 0.410. The number of thiocarbonyl (C=S) groups is 1. The first kappa shape index (κ1) is 19.7. The van der Waals surface area contributed by atoms with E-state index in [4.69, 9.17) is 33.3 Å². The molecule has 0 bridgehead atoms. The minimum Gasteiger partial charge on any atom is -0.490 e. The van der Waals surface area contributed by atoms with Gasteiger partial charge in [-0.05, 0) is 55.8 Å². The molecule has 4 nitrogen and oxygen atoms in total. The van der Waals surface area contributed by atoms with Gasteiger partial charge in [-0.3, -0.25) is 4.79 Å². The van der Waals surface area contributed by atoms with Gasteiger partial charge in [0.1, 0.15) is 29.0 Å². The van der Waals surface area contributed by atoms with Crippen molar-refractivity contribution in [3.05, 3.63) is 63.0 Å². The van der Waals surface area contributed by atoms with Crippen LogP contribution in [0.2, 0.25) is 5.02 Å². The molecule has 2 aromatic rings. The molecule has 1 aliphatic rings. The first-order valence-electron chi connectivity index (χ1n) is 8.29. The third-order valence-electron chi connectivity index (χ3n) is 3.83. The van der Waals surface area contributed by atoms with Gasteiger partial charge in [-0.2, -0.15) is 0 Å². The Bertz CT molecular complexity index is 927. The summed E-state index contributed by atoms with van der Waals surface area (Å²) >= 11 is 12.3. The van der Waals surface area contributed by atoms with E-state index in [0.29, 0.717) is 33.2 Å². The summed E-state index contributed by atoms with van der Waals surface area (Å²) in [5, 5.41) is 3.33. The second-order valence-electron chi connectivity index (χ2n) is 6.00. The first-order valence-corrected chi connectivity index (χ1v) is 9.90. The fraction of sp³-hybridized carbons (Fsp3) is 0.200. The average molecular weight is 420 g/mol. The highest BCUT2D eigenvalue weighted by atomic mass is 35.5. The molecule has 3 rings (SSSR count). The Kier molecular flexibility index (Phi) is 6.42. The zero-order chi connectivity index (χ0) is 19.4. The summed E-state index contributed by atoms with van der Waals surface area (Å²) in [7, 11) is 0. The number of hydrogen-bond acceptors (Lipinski definition) is 5. The fourth-order valence-electron chi connectivity index (χ4n) is 2.49. The molecule has 1 aliphatic heterocycles. The van der Waals surface area contributed by atoms with Crippen molar-refractivity contribution < 1.29 is 14.3 Å². The molecule has 1 heterocycles. The Morgan fingerprint density at radius 2 is 1.93 bits per heavy atom. The van der Waals surface area contributed by atoms with E-state index >= 15 is 0 Å². The lowest BCUT2D eigenvalue weighted by atomic mass is 10.1. The molecule has 0 spiro atoms. The summed E-state index contributed by atoms with van der Waals surface area (Å²) < 4.78 is 12.0. The first-order chi connectivity index (χ1) is 12.9. The smallest absolute Gasteiger partial charge is 0.263 e. The van der Waals surface area contributed by atoms with Crippen LogP contribution in [0, 0.1) is 13.8 Å². The number of aryl methyl sites for hydroxylation is 2. The topological polar surface area (TPSA) is 47.6 Å². The molecule has 7 heteroatoms. The van der Waals surface area contributed by atoms with Gasteiger partial charge >= 0.3 is 0 Å². The van der Waals surface area contributed by atoms with Gasteiger partial charge in [-0.25, -0.2) is 0 Å². The van der Waals surface area contributed by atoms with E-state index in [1.807, 2.05) is 50.2 Å². The van der Waals surface area contributed by atoms with Gasteiger partial charge < -0.3 is 14.8 Å². The molecule has 1 N–H and O–H groups in total. The lowest BCUT2D eigenvalue weighted by Gasteiger charge is -2.12. The Morgan fingerprint density at radius 3 is 2.63 bits per heavy atom. The maximum atomic E-state index is 11.9. The van der Waals surface area contributed by atoms with E-state index in [9.17, 15) is 4.79 Å². The molecule has 0 unspecified atom stereocenters. The standard InChI is InChI=1S/C20H18ClNO3S2/c1-12-3-6-17(14(9-12)11-18-19(23)22-20(26)27-18)25-8-7-24-15-4-5-16(21)13(2)10-15/h3-6,9-11H,7-8H2,1-2H3,(H,22,23,26). The molecule has 0 atom stereocenters. The monoisotopic (exact) mass is 419 g/mol. The third-order valence-corrected chi connectivity index (χ3v) is 5.42. The largest absolute Gasteiger partial charge is 0.490 e. The average Bonchev–Trinajstić information content (AvgIpc) is 2.93. The van der Waals surface area contributed by atoms with Crippen molar-refractivity contribution in [3.63, 3.8) is 0 Å². The number of rotatable bonds is 6. The molecule has 140 valence electrons. The summed E-state index contributed by atoms with van der Waals surface area (Å²) in [5.41, 5.74) is 2.88. The van der Waals surface area contributed by atoms with E-state index in [0.717, 1.165) is 22.4 Å². The van der Waals surface area contributed by atoms with Gasteiger partial charge in [0.2, 0.25) is 0 Å². The Morgan fingerprint density at radius 1 is 1.15 bits per heavy atom. The van der Waals surface area contributed by atoms with Gasteiger partial charge in [-0.15, -0.1) is 0 Å². The zero-order valence-corrected chi connectivity index (χ0v) is 17.3. The van der Waals surface area contributed by atoms with Crippen LogP contribution in [0.5, 0.6) is 11.5 Å². The normalized spacial score (nSPS) is 15.1. The molecule has 2 aromatic carbocycles. The van der Waals surface area contributed by atoms with Crippen LogP contribution in [-0.4, -0.2) is 23.4 Å². The predicted molar refractivity (Wildman–Crippen MR) is 115 cm³/mol.